The molecule has 7 unspecified atom stereocenters. The summed E-state index contributed by atoms with van der Waals surface area (Å²) in [6.45, 7) is 4.31. The zero-order valence-electron chi connectivity index (χ0n) is 55.1. The normalized spacial score (nSPS) is 18.3. The molecule has 0 aromatic carbocycles. The quantitative estimate of drug-likeness (QED) is 0.0195. The minimum atomic E-state index is -1.58. The van der Waals surface area contributed by atoms with Crippen LogP contribution in [0.4, 0.5) is 0 Å². The van der Waals surface area contributed by atoms with Gasteiger partial charge in [0.1, 0.15) is 24.4 Å². The third-order valence-electron chi connectivity index (χ3n) is 16.8. The number of ether oxygens (including phenoxy) is 3. The lowest BCUT2D eigenvalue weighted by Crippen LogP contribution is -2.60. The van der Waals surface area contributed by atoms with E-state index in [9.17, 15) is 35.1 Å². The number of esters is 1. The minimum absolute atomic E-state index is 0.00368. The van der Waals surface area contributed by atoms with Gasteiger partial charge in [-0.25, -0.2) is 0 Å². The first-order valence-corrected chi connectivity index (χ1v) is 36.1. The molecule has 85 heavy (non-hydrogen) atoms. The van der Waals surface area contributed by atoms with Gasteiger partial charge in [0.25, 0.3) is 0 Å². The van der Waals surface area contributed by atoms with Gasteiger partial charge in [-0.05, 0) is 103 Å². The maximum atomic E-state index is 13.1. The van der Waals surface area contributed by atoms with Crippen LogP contribution in [0.1, 0.15) is 335 Å². The monoisotopic (exact) mass is 1200 g/mol. The van der Waals surface area contributed by atoms with Gasteiger partial charge in [-0.2, -0.15) is 0 Å². The Morgan fingerprint density at radius 3 is 1.26 bits per heavy atom. The second-order valence-electron chi connectivity index (χ2n) is 24.9. The molecule has 1 aliphatic rings. The van der Waals surface area contributed by atoms with Crippen LogP contribution in [-0.4, -0.2) is 100 Å². The molecule has 1 rings (SSSR count). The lowest BCUT2D eigenvalue weighted by Gasteiger charge is -2.40. The van der Waals surface area contributed by atoms with Crippen molar-refractivity contribution in [2.75, 3.05) is 19.8 Å². The molecule has 0 saturated carbocycles. The maximum Gasteiger partial charge on any atom is 0.305 e. The number of nitrogens with one attached hydrogen (secondary N) is 1. The highest BCUT2D eigenvalue weighted by molar-refractivity contribution is 5.76. The Balaban J connectivity index is 1.96. The SMILES string of the molecule is CCCCC/C=C\CCCCCCCC(=O)OCCCCCCCCCCC/C=C\C/C=C\CCCCCCCCCCCCCCCCCCCC(=O)NC(COC1OC(CO)C(O)C(O)C1O)C(O)/C=C/CC/C=C/CCCCCCCC. The van der Waals surface area contributed by atoms with Gasteiger partial charge in [0.15, 0.2) is 6.29 Å². The highest BCUT2D eigenvalue weighted by Gasteiger charge is 2.44. The summed E-state index contributed by atoms with van der Waals surface area (Å²) in [6, 6.07) is -0.827. The second-order valence-corrected chi connectivity index (χ2v) is 24.9. The molecule has 0 bridgehead atoms. The van der Waals surface area contributed by atoms with Gasteiger partial charge in [-0.3, -0.25) is 9.59 Å². The Bertz CT molecular complexity index is 1600. The van der Waals surface area contributed by atoms with Gasteiger partial charge >= 0.3 is 5.97 Å². The number of carbonyl (C=O) groups is 2. The van der Waals surface area contributed by atoms with Crippen molar-refractivity contribution in [3.63, 3.8) is 0 Å². The van der Waals surface area contributed by atoms with Crippen molar-refractivity contribution in [3.8, 4) is 0 Å². The fraction of sp³-hybridized carbons (Fsp3) is 0.838. The van der Waals surface area contributed by atoms with E-state index in [2.05, 4.69) is 67.8 Å². The predicted molar refractivity (Wildman–Crippen MR) is 357 cm³/mol. The van der Waals surface area contributed by atoms with Crippen LogP contribution in [-0.2, 0) is 23.8 Å². The van der Waals surface area contributed by atoms with Gasteiger partial charge < -0.3 is 45.1 Å². The van der Waals surface area contributed by atoms with Crippen molar-refractivity contribution in [1.82, 2.24) is 5.32 Å². The first-order chi connectivity index (χ1) is 41.7. The summed E-state index contributed by atoms with van der Waals surface area (Å²) in [5.74, 6) is -0.194. The van der Waals surface area contributed by atoms with Crippen LogP contribution in [0.3, 0.4) is 0 Å². The van der Waals surface area contributed by atoms with E-state index in [4.69, 9.17) is 14.2 Å². The first-order valence-electron chi connectivity index (χ1n) is 36.1. The van der Waals surface area contributed by atoms with E-state index in [1.54, 1.807) is 6.08 Å². The third kappa shape index (κ3) is 51.9. The van der Waals surface area contributed by atoms with E-state index in [1.165, 1.54) is 244 Å². The van der Waals surface area contributed by atoms with Crippen LogP contribution in [0.2, 0.25) is 0 Å². The number of hydrogen-bond donors (Lipinski definition) is 6. The summed E-state index contributed by atoms with van der Waals surface area (Å²) >= 11 is 0. The Kier molecular flexibility index (Phi) is 59.5. The molecule has 496 valence electrons. The number of aliphatic hydroxyl groups is 5. The third-order valence-corrected chi connectivity index (χ3v) is 16.8. The molecule has 0 spiro atoms. The van der Waals surface area contributed by atoms with E-state index >= 15 is 0 Å². The molecule has 0 aliphatic carbocycles. The Labute approximate surface area is 522 Å². The van der Waals surface area contributed by atoms with Crippen molar-refractivity contribution < 1.29 is 49.3 Å². The highest BCUT2D eigenvalue weighted by atomic mass is 16.7. The standard InChI is InChI=1S/C74H135NO10/c1-3-5-7-9-11-13-15-40-44-48-52-56-60-67(77)66(65-84-74-73(82)72(81)71(80)68(64-76)85-74)75-69(78)61-57-53-49-45-41-38-36-34-32-30-28-26-24-22-20-18-17-19-21-23-25-27-29-31-33-35-37-39-43-47-51-55-59-63-83-70(79)62-58-54-50-46-42-16-14-12-10-8-6-4-2/h12,14,21,23,27,29,40,44,56,60,66-68,71-74,76-77,80-82H,3-11,13,15-20,22,24-26,28,30-39,41-43,45-55,57-59,61-65H2,1-2H3,(H,75,78)/b14-12-,23-21-,29-27-,44-40+,60-56+. The highest BCUT2D eigenvalue weighted by Crippen LogP contribution is 2.23. The van der Waals surface area contributed by atoms with Gasteiger partial charge in [-0.15, -0.1) is 0 Å². The molecule has 1 amide bonds. The molecule has 0 aromatic rings. The molecule has 1 fully saturated rings. The van der Waals surface area contributed by atoms with Crippen LogP contribution >= 0.6 is 0 Å². The average Bonchev–Trinajstić information content (AvgIpc) is 3.48. The number of amides is 1. The summed E-state index contributed by atoms with van der Waals surface area (Å²) in [5.41, 5.74) is 0. The van der Waals surface area contributed by atoms with E-state index < -0.39 is 49.5 Å². The summed E-state index contributed by atoms with van der Waals surface area (Å²) in [6.07, 6.45) is 73.7. The van der Waals surface area contributed by atoms with Crippen molar-refractivity contribution in [1.29, 1.82) is 0 Å². The van der Waals surface area contributed by atoms with E-state index in [-0.39, 0.29) is 18.5 Å². The zero-order chi connectivity index (χ0) is 61.6. The predicted octanol–water partition coefficient (Wildman–Crippen LogP) is 18.5. The van der Waals surface area contributed by atoms with E-state index in [0.29, 0.717) is 19.4 Å². The molecule has 11 heteroatoms. The fourth-order valence-corrected chi connectivity index (χ4v) is 11.1. The molecule has 1 saturated heterocycles. The summed E-state index contributed by atoms with van der Waals surface area (Å²) in [7, 11) is 0. The van der Waals surface area contributed by atoms with Crippen molar-refractivity contribution in [2.45, 2.75) is 378 Å². The Hall–Kier alpha value is -2.64. The molecule has 7 atom stereocenters. The molecule has 1 aliphatic heterocycles. The van der Waals surface area contributed by atoms with Crippen LogP contribution in [0.25, 0.3) is 0 Å². The second kappa shape index (κ2) is 62.9. The minimum Gasteiger partial charge on any atom is -0.466 e. The maximum absolute atomic E-state index is 13.1. The molecule has 0 aromatic heterocycles. The first kappa shape index (κ1) is 80.4. The van der Waals surface area contributed by atoms with E-state index in [1.807, 2.05) is 6.08 Å². The van der Waals surface area contributed by atoms with Crippen molar-refractivity contribution >= 4 is 11.9 Å². The molecule has 0 radical (unpaired) electrons. The Morgan fingerprint density at radius 2 is 0.800 bits per heavy atom. The lowest BCUT2D eigenvalue weighted by atomic mass is 9.99. The van der Waals surface area contributed by atoms with Gasteiger partial charge in [0.05, 0.1) is 32.0 Å². The largest absolute Gasteiger partial charge is 0.466 e. The number of allylic oxidation sites excluding steroid dienone is 9. The molecule has 6 N–H and O–H groups in total. The summed E-state index contributed by atoms with van der Waals surface area (Å²) in [5, 5.41) is 54.4. The van der Waals surface area contributed by atoms with Crippen LogP contribution in [0.5, 0.6) is 0 Å². The summed E-state index contributed by atoms with van der Waals surface area (Å²) in [4.78, 5) is 25.1. The van der Waals surface area contributed by atoms with Crippen molar-refractivity contribution in [3.05, 3.63) is 60.8 Å². The number of rotatable bonds is 63. The topological polar surface area (TPSA) is 175 Å². The zero-order valence-corrected chi connectivity index (χ0v) is 55.1. The van der Waals surface area contributed by atoms with Gasteiger partial charge in [0, 0.05) is 12.8 Å². The number of carbonyl (C=O) groups excluding carboxylic acids is 2. The number of aliphatic hydroxyl groups excluding tert-OH is 5. The molecule has 11 nitrogen and oxygen atoms in total. The number of unbranched alkanes of at least 4 members (excludes halogenated alkanes) is 41. The smallest absolute Gasteiger partial charge is 0.305 e. The molecular weight excluding hydrogens is 1060 g/mol. The average molecular weight is 1200 g/mol. The summed E-state index contributed by atoms with van der Waals surface area (Å²) < 4.78 is 16.7. The van der Waals surface area contributed by atoms with Crippen LogP contribution < -0.4 is 5.32 Å². The lowest BCUT2D eigenvalue weighted by molar-refractivity contribution is -0.302. The van der Waals surface area contributed by atoms with Crippen LogP contribution in [0, 0.1) is 0 Å². The van der Waals surface area contributed by atoms with Crippen molar-refractivity contribution in [2.24, 2.45) is 0 Å². The molecule has 1 heterocycles. The van der Waals surface area contributed by atoms with E-state index in [0.717, 1.165) is 64.2 Å². The van der Waals surface area contributed by atoms with Gasteiger partial charge in [0.2, 0.25) is 5.91 Å². The van der Waals surface area contributed by atoms with Gasteiger partial charge in [-0.1, -0.05) is 280 Å². The molecular formula is C74H135NO10. The van der Waals surface area contributed by atoms with Crippen LogP contribution in [0.15, 0.2) is 60.8 Å². The Morgan fingerprint density at radius 1 is 0.435 bits per heavy atom. The number of hydrogen-bond acceptors (Lipinski definition) is 10. The fourth-order valence-electron chi connectivity index (χ4n) is 11.1.